The van der Waals surface area contributed by atoms with Crippen molar-refractivity contribution in [3.8, 4) is 0 Å². The van der Waals surface area contributed by atoms with Crippen molar-refractivity contribution in [2.75, 3.05) is 6.61 Å². The number of esters is 1. The highest BCUT2D eigenvalue weighted by atomic mass is 35.5. The number of ether oxygens (including phenoxy) is 1. The van der Waals surface area contributed by atoms with Crippen LogP contribution in [0.15, 0.2) is 47.7 Å². The van der Waals surface area contributed by atoms with E-state index in [0.717, 1.165) is 0 Å². The van der Waals surface area contributed by atoms with Gasteiger partial charge in [0.05, 0.1) is 12.2 Å². The highest BCUT2D eigenvalue weighted by Crippen LogP contribution is 2.18. The fourth-order valence-electron chi connectivity index (χ4n) is 1.79. The van der Waals surface area contributed by atoms with Crippen LogP contribution in [0.2, 0.25) is 5.15 Å². The summed E-state index contributed by atoms with van der Waals surface area (Å²) in [5, 5.41) is 0.0260. The molecule has 2 heterocycles. The Morgan fingerprint density at radius 2 is 2.04 bits per heavy atom. The second kappa shape index (κ2) is 8.14. The quantitative estimate of drug-likeness (QED) is 0.267. The van der Waals surface area contributed by atoms with Gasteiger partial charge in [0.1, 0.15) is 5.15 Å². The number of aliphatic imine (C=N–C) groups is 1. The molecule has 118 valence electrons. The van der Waals surface area contributed by atoms with E-state index in [0.29, 0.717) is 5.82 Å². The lowest BCUT2D eigenvalue weighted by Gasteiger charge is -2.10. The van der Waals surface area contributed by atoms with E-state index in [9.17, 15) is 9.59 Å². The van der Waals surface area contributed by atoms with E-state index < -0.39 is 17.7 Å². The van der Waals surface area contributed by atoms with Gasteiger partial charge < -0.3 is 4.74 Å². The van der Waals surface area contributed by atoms with E-state index in [1.807, 2.05) is 0 Å². The normalized spacial score (nSPS) is 12.1. The molecule has 0 aliphatic carbocycles. The van der Waals surface area contributed by atoms with Crippen molar-refractivity contribution < 1.29 is 14.3 Å². The second-order valence-corrected chi connectivity index (χ2v) is 4.76. The first-order valence-corrected chi connectivity index (χ1v) is 7.28. The topological polar surface area (TPSA) is 81.5 Å². The molecule has 0 saturated carbocycles. The van der Waals surface area contributed by atoms with Crippen molar-refractivity contribution in [3.63, 3.8) is 0 Å². The van der Waals surface area contributed by atoms with Crippen molar-refractivity contribution in [3.05, 3.63) is 53.4 Å². The van der Waals surface area contributed by atoms with E-state index >= 15 is 0 Å². The maximum absolute atomic E-state index is 12.6. The fraction of sp³-hybridized carbons (Fsp3) is 0.188. The first-order valence-electron chi connectivity index (χ1n) is 6.90. The van der Waals surface area contributed by atoms with Crippen LogP contribution in [-0.2, 0) is 9.53 Å². The summed E-state index contributed by atoms with van der Waals surface area (Å²) < 4.78 is 4.94. The lowest BCUT2D eigenvalue weighted by molar-refractivity contribution is -0.143. The molecule has 0 saturated heterocycles. The van der Waals surface area contributed by atoms with Gasteiger partial charge in [-0.15, -0.1) is 0 Å². The molecule has 0 fully saturated rings. The van der Waals surface area contributed by atoms with E-state index in [-0.39, 0.29) is 17.3 Å². The zero-order valence-corrected chi connectivity index (χ0v) is 13.1. The number of carbonyl (C=O) groups is 2. The Morgan fingerprint density at radius 1 is 1.26 bits per heavy atom. The molecule has 0 amide bonds. The Labute approximate surface area is 138 Å². The summed E-state index contributed by atoms with van der Waals surface area (Å²) in [6, 6.07) is 8.21. The van der Waals surface area contributed by atoms with Gasteiger partial charge in [0.15, 0.2) is 17.5 Å². The number of rotatable bonds is 6. The molecule has 0 aromatic carbocycles. The summed E-state index contributed by atoms with van der Waals surface area (Å²) in [4.78, 5) is 36.6. The van der Waals surface area contributed by atoms with Gasteiger partial charge in [0.2, 0.25) is 0 Å². The molecule has 0 radical (unpaired) electrons. The predicted octanol–water partition coefficient (Wildman–Crippen LogP) is 2.89. The third-order valence-corrected chi connectivity index (χ3v) is 3.15. The van der Waals surface area contributed by atoms with E-state index in [1.165, 1.54) is 18.5 Å². The Kier molecular flexibility index (Phi) is 5.94. The van der Waals surface area contributed by atoms with Crippen LogP contribution in [-0.4, -0.2) is 34.5 Å². The van der Waals surface area contributed by atoms with Gasteiger partial charge in [-0.2, -0.15) is 0 Å². The second-order valence-electron chi connectivity index (χ2n) is 4.40. The SMILES string of the molecule is CCOC(=O)C(C=Nc1ccccn1)C(=O)c1cccnc1Cl. The monoisotopic (exact) mass is 331 g/mol. The van der Waals surface area contributed by atoms with Crippen LogP contribution in [0.1, 0.15) is 17.3 Å². The van der Waals surface area contributed by atoms with E-state index in [2.05, 4.69) is 15.0 Å². The van der Waals surface area contributed by atoms with Crippen LogP contribution in [0, 0.1) is 5.92 Å². The largest absolute Gasteiger partial charge is 0.465 e. The van der Waals surface area contributed by atoms with Crippen LogP contribution >= 0.6 is 11.6 Å². The number of Topliss-reactive ketones (excluding diaryl/α,β-unsaturated/α-hetero) is 1. The van der Waals surface area contributed by atoms with Gasteiger partial charge in [0.25, 0.3) is 0 Å². The highest BCUT2D eigenvalue weighted by Gasteiger charge is 2.29. The summed E-state index contributed by atoms with van der Waals surface area (Å²) >= 11 is 5.92. The summed E-state index contributed by atoms with van der Waals surface area (Å²) in [6.45, 7) is 1.81. The lowest BCUT2D eigenvalue weighted by atomic mass is 10.00. The van der Waals surface area contributed by atoms with Gasteiger partial charge in [-0.05, 0) is 31.2 Å². The summed E-state index contributed by atoms with van der Waals surface area (Å²) in [5.41, 5.74) is 0.139. The molecular weight excluding hydrogens is 318 g/mol. The number of halogens is 1. The Morgan fingerprint density at radius 3 is 2.70 bits per heavy atom. The van der Waals surface area contributed by atoms with Gasteiger partial charge in [-0.3, -0.25) is 9.59 Å². The Bertz CT molecular complexity index is 720. The van der Waals surface area contributed by atoms with Crippen molar-refractivity contribution in [1.29, 1.82) is 0 Å². The van der Waals surface area contributed by atoms with Crippen LogP contribution < -0.4 is 0 Å². The van der Waals surface area contributed by atoms with Crippen molar-refractivity contribution >= 4 is 35.4 Å². The average Bonchev–Trinajstić information content (AvgIpc) is 2.56. The maximum Gasteiger partial charge on any atom is 0.322 e. The summed E-state index contributed by atoms with van der Waals surface area (Å²) in [7, 11) is 0. The van der Waals surface area contributed by atoms with Crippen LogP contribution in [0.5, 0.6) is 0 Å². The molecule has 0 aliphatic rings. The molecule has 2 aromatic rings. The number of pyridine rings is 2. The number of hydrogen-bond donors (Lipinski definition) is 0. The molecule has 23 heavy (non-hydrogen) atoms. The molecular formula is C16H14ClN3O3. The predicted molar refractivity (Wildman–Crippen MR) is 86.1 cm³/mol. The Hall–Kier alpha value is -2.60. The molecule has 0 aliphatic heterocycles. The zero-order valence-electron chi connectivity index (χ0n) is 12.3. The fourth-order valence-corrected chi connectivity index (χ4v) is 2.00. The molecule has 1 unspecified atom stereocenters. The van der Waals surface area contributed by atoms with Crippen LogP contribution in [0.25, 0.3) is 0 Å². The van der Waals surface area contributed by atoms with E-state index in [4.69, 9.17) is 16.3 Å². The average molecular weight is 332 g/mol. The number of nitrogens with zero attached hydrogens (tertiary/aromatic N) is 3. The molecule has 2 aromatic heterocycles. The van der Waals surface area contributed by atoms with E-state index in [1.54, 1.807) is 37.4 Å². The molecule has 6 nitrogen and oxygen atoms in total. The van der Waals surface area contributed by atoms with Gasteiger partial charge in [0, 0.05) is 18.6 Å². The van der Waals surface area contributed by atoms with Crippen molar-refractivity contribution in [2.45, 2.75) is 6.92 Å². The lowest BCUT2D eigenvalue weighted by Crippen LogP contribution is -2.28. The standard InChI is InChI=1S/C16H14ClN3O3/c1-2-23-16(22)12(10-20-13-7-3-4-8-18-13)14(21)11-6-5-9-19-15(11)17/h3-10,12H,2H2,1H3. The Balaban J connectivity index is 2.31. The molecule has 2 rings (SSSR count). The van der Waals surface area contributed by atoms with Crippen LogP contribution in [0.4, 0.5) is 5.82 Å². The van der Waals surface area contributed by atoms with Crippen molar-refractivity contribution in [1.82, 2.24) is 9.97 Å². The summed E-state index contributed by atoms with van der Waals surface area (Å²) in [5.74, 6) is -2.05. The maximum atomic E-state index is 12.6. The molecule has 7 heteroatoms. The number of ketones is 1. The van der Waals surface area contributed by atoms with Crippen molar-refractivity contribution in [2.24, 2.45) is 10.9 Å². The van der Waals surface area contributed by atoms with Gasteiger partial charge >= 0.3 is 5.97 Å². The third-order valence-electron chi connectivity index (χ3n) is 2.85. The molecule has 0 bridgehead atoms. The molecule has 1 atom stereocenters. The smallest absolute Gasteiger partial charge is 0.322 e. The third kappa shape index (κ3) is 4.43. The zero-order chi connectivity index (χ0) is 16.7. The molecule has 0 spiro atoms. The number of carbonyl (C=O) groups excluding carboxylic acids is 2. The number of hydrogen-bond acceptors (Lipinski definition) is 6. The minimum absolute atomic E-state index is 0.0260. The van der Waals surface area contributed by atoms with Crippen LogP contribution in [0.3, 0.4) is 0 Å². The highest BCUT2D eigenvalue weighted by molar-refractivity contribution is 6.34. The first kappa shape index (κ1) is 16.8. The minimum Gasteiger partial charge on any atom is -0.465 e. The van der Waals surface area contributed by atoms with Gasteiger partial charge in [-0.1, -0.05) is 17.7 Å². The minimum atomic E-state index is -1.21. The van der Waals surface area contributed by atoms with Gasteiger partial charge in [-0.25, -0.2) is 15.0 Å². The summed E-state index contributed by atoms with van der Waals surface area (Å²) in [6.07, 6.45) is 4.23. The number of aromatic nitrogens is 2. The first-order chi connectivity index (χ1) is 11.1. The molecule has 0 N–H and O–H groups in total.